The summed E-state index contributed by atoms with van der Waals surface area (Å²) < 4.78 is 39.5. The summed E-state index contributed by atoms with van der Waals surface area (Å²) in [7, 11) is 1.35. The van der Waals surface area contributed by atoms with E-state index in [0.717, 1.165) is 11.3 Å². The molecule has 0 heterocycles. The van der Waals surface area contributed by atoms with Gasteiger partial charge >= 0.3 is 6.61 Å². The van der Waals surface area contributed by atoms with Crippen molar-refractivity contribution >= 4 is 11.6 Å². The van der Waals surface area contributed by atoms with Crippen LogP contribution in [0.5, 0.6) is 17.2 Å². The number of nitrogens with one attached hydrogen (secondary N) is 1. The highest BCUT2D eigenvalue weighted by molar-refractivity contribution is 5.92. The third-order valence-electron chi connectivity index (χ3n) is 3.26. The molecule has 0 saturated carbocycles. The van der Waals surface area contributed by atoms with Gasteiger partial charge in [-0.05, 0) is 36.8 Å². The number of carbonyl (C=O) groups excluding carboxylic acids is 1. The molecule has 2 aromatic rings. The molecule has 0 aromatic heterocycles. The summed E-state index contributed by atoms with van der Waals surface area (Å²) in [4.78, 5) is 12.1. The predicted octanol–water partition coefficient (Wildman–Crippen LogP) is 3.88. The van der Waals surface area contributed by atoms with Gasteiger partial charge in [0.15, 0.2) is 11.5 Å². The fourth-order valence-electron chi connectivity index (χ4n) is 2.20. The summed E-state index contributed by atoms with van der Waals surface area (Å²) in [6.07, 6.45) is 0.142. The number of ether oxygens (including phenoxy) is 3. The molecule has 25 heavy (non-hydrogen) atoms. The Hall–Kier alpha value is -2.83. The Morgan fingerprint density at radius 2 is 1.84 bits per heavy atom. The molecule has 0 fully saturated rings. The second kappa shape index (κ2) is 8.86. The topological polar surface area (TPSA) is 56.8 Å². The maximum Gasteiger partial charge on any atom is 0.387 e. The van der Waals surface area contributed by atoms with Crippen molar-refractivity contribution < 1.29 is 27.8 Å². The SMILES string of the molecule is CCOc1ccc(CC(=O)Nc2ccc(OC)c(OC(F)F)c2)cc1. The first-order valence-electron chi connectivity index (χ1n) is 7.66. The van der Waals surface area contributed by atoms with Crippen LogP contribution in [0.4, 0.5) is 14.5 Å². The zero-order valence-corrected chi connectivity index (χ0v) is 13.9. The summed E-state index contributed by atoms with van der Waals surface area (Å²) in [5.41, 5.74) is 1.14. The number of methoxy groups -OCH3 is 1. The van der Waals surface area contributed by atoms with E-state index < -0.39 is 6.61 Å². The molecule has 0 aliphatic carbocycles. The van der Waals surface area contributed by atoms with Crippen LogP contribution in [0.1, 0.15) is 12.5 Å². The molecule has 0 aliphatic rings. The van der Waals surface area contributed by atoms with E-state index in [1.807, 2.05) is 6.92 Å². The molecule has 0 bridgehead atoms. The van der Waals surface area contributed by atoms with E-state index in [2.05, 4.69) is 10.1 Å². The van der Waals surface area contributed by atoms with Gasteiger partial charge in [0.1, 0.15) is 5.75 Å². The Morgan fingerprint density at radius 1 is 1.12 bits per heavy atom. The lowest BCUT2D eigenvalue weighted by molar-refractivity contribution is -0.115. The Morgan fingerprint density at radius 3 is 2.44 bits per heavy atom. The molecular formula is C18H19F2NO4. The van der Waals surface area contributed by atoms with Crippen LogP contribution in [-0.4, -0.2) is 26.2 Å². The van der Waals surface area contributed by atoms with Gasteiger partial charge in [0.05, 0.1) is 20.1 Å². The molecule has 0 saturated heterocycles. The zero-order chi connectivity index (χ0) is 18.2. The van der Waals surface area contributed by atoms with Crippen molar-refractivity contribution in [3.05, 3.63) is 48.0 Å². The van der Waals surface area contributed by atoms with Gasteiger partial charge < -0.3 is 19.5 Å². The van der Waals surface area contributed by atoms with Crippen molar-refractivity contribution in [1.29, 1.82) is 0 Å². The number of rotatable bonds is 8. The monoisotopic (exact) mass is 351 g/mol. The predicted molar refractivity (Wildman–Crippen MR) is 89.6 cm³/mol. The van der Waals surface area contributed by atoms with E-state index in [1.165, 1.54) is 19.2 Å². The van der Waals surface area contributed by atoms with Crippen LogP contribution in [-0.2, 0) is 11.2 Å². The van der Waals surface area contributed by atoms with E-state index in [4.69, 9.17) is 9.47 Å². The number of carbonyl (C=O) groups is 1. The number of alkyl halides is 2. The normalized spacial score (nSPS) is 10.4. The number of anilines is 1. The van der Waals surface area contributed by atoms with Gasteiger partial charge in [-0.25, -0.2) is 0 Å². The molecule has 1 N–H and O–H groups in total. The molecular weight excluding hydrogens is 332 g/mol. The Bertz CT molecular complexity index is 705. The highest BCUT2D eigenvalue weighted by atomic mass is 19.3. The minimum absolute atomic E-state index is 0.142. The zero-order valence-electron chi connectivity index (χ0n) is 13.9. The van der Waals surface area contributed by atoms with Gasteiger partial charge in [0, 0.05) is 11.8 Å². The average Bonchev–Trinajstić information content (AvgIpc) is 2.56. The first-order chi connectivity index (χ1) is 12.0. The van der Waals surface area contributed by atoms with Gasteiger partial charge in [0.25, 0.3) is 0 Å². The minimum Gasteiger partial charge on any atom is -0.494 e. The summed E-state index contributed by atoms with van der Waals surface area (Å²) in [5, 5.41) is 2.64. The Labute approximate surface area is 144 Å². The third kappa shape index (κ3) is 5.63. The first kappa shape index (κ1) is 18.5. The first-order valence-corrected chi connectivity index (χ1v) is 7.66. The number of halogens is 2. The second-order valence-corrected chi connectivity index (χ2v) is 5.05. The molecule has 0 radical (unpaired) electrons. The highest BCUT2D eigenvalue weighted by Crippen LogP contribution is 2.31. The number of amides is 1. The molecule has 0 spiro atoms. The summed E-state index contributed by atoms with van der Waals surface area (Å²) in [5.74, 6) is 0.467. The standard InChI is InChI=1S/C18H19F2NO4/c1-3-24-14-7-4-12(5-8-14)10-17(22)21-13-6-9-15(23-2)16(11-13)25-18(19)20/h4-9,11,18H,3,10H2,1-2H3,(H,21,22). The van der Waals surface area contributed by atoms with Crippen molar-refractivity contribution in [1.82, 2.24) is 0 Å². The van der Waals surface area contributed by atoms with Crippen LogP contribution >= 0.6 is 0 Å². The van der Waals surface area contributed by atoms with Crippen molar-refractivity contribution in [2.45, 2.75) is 20.0 Å². The average molecular weight is 351 g/mol. The Balaban J connectivity index is 2.02. The van der Waals surface area contributed by atoms with Crippen molar-refractivity contribution in [2.24, 2.45) is 0 Å². The summed E-state index contributed by atoms with van der Waals surface area (Å²) >= 11 is 0. The Kier molecular flexibility index (Phi) is 6.56. The largest absolute Gasteiger partial charge is 0.494 e. The van der Waals surface area contributed by atoms with E-state index in [0.29, 0.717) is 12.3 Å². The fraction of sp³-hybridized carbons (Fsp3) is 0.278. The van der Waals surface area contributed by atoms with Crippen LogP contribution in [0, 0.1) is 0 Å². The molecule has 0 aliphatic heterocycles. The van der Waals surface area contributed by atoms with Crippen molar-refractivity contribution in [2.75, 3.05) is 19.0 Å². The third-order valence-corrected chi connectivity index (χ3v) is 3.26. The van der Waals surface area contributed by atoms with E-state index in [-0.39, 0.29) is 23.8 Å². The fourth-order valence-corrected chi connectivity index (χ4v) is 2.20. The lowest BCUT2D eigenvalue weighted by atomic mass is 10.1. The molecule has 134 valence electrons. The number of hydrogen-bond donors (Lipinski definition) is 1. The van der Waals surface area contributed by atoms with Gasteiger partial charge in [0.2, 0.25) is 5.91 Å². The highest BCUT2D eigenvalue weighted by Gasteiger charge is 2.12. The lowest BCUT2D eigenvalue weighted by Crippen LogP contribution is -2.14. The van der Waals surface area contributed by atoms with Gasteiger partial charge in [-0.2, -0.15) is 8.78 Å². The second-order valence-electron chi connectivity index (χ2n) is 5.05. The van der Waals surface area contributed by atoms with Crippen LogP contribution in [0.3, 0.4) is 0 Å². The van der Waals surface area contributed by atoms with Crippen molar-refractivity contribution in [3.8, 4) is 17.2 Å². The van der Waals surface area contributed by atoms with Crippen molar-refractivity contribution in [3.63, 3.8) is 0 Å². The quantitative estimate of drug-likeness (QED) is 0.784. The van der Waals surface area contributed by atoms with Crippen LogP contribution in [0.2, 0.25) is 0 Å². The molecule has 7 heteroatoms. The molecule has 2 rings (SSSR count). The maximum absolute atomic E-state index is 12.4. The van der Waals surface area contributed by atoms with E-state index in [9.17, 15) is 13.6 Å². The summed E-state index contributed by atoms with van der Waals surface area (Å²) in [6, 6.07) is 11.5. The minimum atomic E-state index is -2.98. The van der Waals surface area contributed by atoms with Gasteiger partial charge in [-0.1, -0.05) is 12.1 Å². The number of benzene rings is 2. The van der Waals surface area contributed by atoms with Crippen LogP contribution in [0.25, 0.3) is 0 Å². The van der Waals surface area contributed by atoms with E-state index in [1.54, 1.807) is 30.3 Å². The van der Waals surface area contributed by atoms with Gasteiger partial charge in [-0.15, -0.1) is 0 Å². The molecule has 1 amide bonds. The molecule has 5 nitrogen and oxygen atoms in total. The smallest absolute Gasteiger partial charge is 0.387 e. The van der Waals surface area contributed by atoms with Crippen LogP contribution in [0.15, 0.2) is 42.5 Å². The van der Waals surface area contributed by atoms with E-state index >= 15 is 0 Å². The van der Waals surface area contributed by atoms with Crippen LogP contribution < -0.4 is 19.5 Å². The molecule has 2 aromatic carbocycles. The maximum atomic E-state index is 12.4. The number of hydrogen-bond acceptors (Lipinski definition) is 4. The molecule has 0 unspecified atom stereocenters. The molecule has 0 atom stereocenters. The summed E-state index contributed by atoms with van der Waals surface area (Å²) in [6.45, 7) is -0.522. The van der Waals surface area contributed by atoms with Gasteiger partial charge in [-0.3, -0.25) is 4.79 Å². The lowest BCUT2D eigenvalue weighted by Gasteiger charge is -2.12.